The molecule has 3 heterocycles. The van der Waals surface area contributed by atoms with Gasteiger partial charge in [-0.15, -0.1) is 5.10 Å². The molecule has 0 fully saturated rings. The standard InChI is InChI=1S/C12H15N7O3S2/c1-18-11(15-16-17-18)23-6-9(20)19-4-3-7-8(5-19)24-10(13-7)14-12(21)22-2/h3-6H2,1-2H3,(H,13,14,21). The fourth-order valence-electron chi connectivity index (χ4n) is 2.16. The smallest absolute Gasteiger partial charge is 0.413 e. The molecule has 0 atom stereocenters. The second-order valence-electron chi connectivity index (χ2n) is 4.94. The molecule has 0 spiro atoms. The topological polar surface area (TPSA) is 115 Å². The van der Waals surface area contributed by atoms with E-state index >= 15 is 0 Å². The summed E-state index contributed by atoms with van der Waals surface area (Å²) in [7, 11) is 3.03. The minimum absolute atomic E-state index is 0.0181. The fraction of sp³-hybridized carbons (Fsp3) is 0.500. The summed E-state index contributed by atoms with van der Waals surface area (Å²) in [5.41, 5.74) is 0.917. The average molecular weight is 369 g/mol. The van der Waals surface area contributed by atoms with E-state index in [0.29, 0.717) is 29.8 Å². The second kappa shape index (κ2) is 7.13. The summed E-state index contributed by atoms with van der Waals surface area (Å²) in [6.45, 7) is 1.09. The molecule has 10 nitrogen and oxygen atoms in total. The lowest BCUT2D eigenvalue weighted by atomic mass is 10.2. The quantitative estimate of drug-likeness (QED) is 0.776. The zero-order valence-electron chi connectivity index (χ0n) is 13.1. The van der Waals surface area contributed by atoms with E-state index in [2.05, 4.69) is 30.6 Å². The highest BCUT2D eigenvalue weighted by atomic mass is 32.2. The number of hydrogen-bond acceptors (Lipinski definition) is 9. The molecule has 1 N–H and O–H groups in total. The van der Waals surface area contributed by atoms with E-state index in [0.717, 1.165) is 10.6 Å². The highest BCUT2D eigenvalue weighted by molar-refractivity contribution is 7.99. The molecule has 0 unspecified atom stereocenters. The largest absolute Gasteiger partial charge is 0.453 e. The van der Waals surface area contributed by atoms with Crippen LogP contribution in [0.15, 0.2) is 5.16 Å². The average Bonchev–Trinajstić information content (AvgIpc) is 3.16. The van der Waals surface area contributed by atoms with E-state index < -0.39 is 6.09 Å². The third-order valence-corrected chi connectivity index (χ3v) is 5.38. The number of aryl methyl sites for hydroxylation is 1. The Bertz CT molecular complexity index is 760. The maximum absolute atomic E-state index is 12.4. The van der Waals surface area contributed by atoms with Crippen LogP contribution < -0.4 is 5.32 Å². The Labute approximate surface area is 145 Å². The van der Waals surface area contributed by atoms with Crippen molar-refractivity contribution in [2.45, 2.75) is 18.1 Å². The van der Waals surface area contributed by atoms with Gasteiger partial charge >= 0.3 is 6.09 Å². The van der Waals surface area contributed by atoms with Gasteiger partial charge in [-0.05, 0) is 10.4 Å². The molecule has 12 heteroatoms. The Morgan fingerprint density at radius 1 is 1.46 bits per heavy atom. The summed E-state index contributed by atoms with van der Waals surface area (Å²) in [4.78, 5) is 30.7. The van der Waals surface area contributed by atoms with Crippen molar-refractivity contribution < 1.29 is 14.3 Å². The van der Waals surface area contributed by atoms with Gasteiger partial charge in [0.15, 0.2) is 5.13 Å². The van der Waals surface area contributed by atoms with E-state index in [1.54, 1.807) is 11.9 Å². The molecule has 3 rings (SSSR count). The molecule has 0 aliphatic carbocycles. The van der Waals surface area contributed by atoms with Crippen LogP contribution in [-0.4, -0.2) is 61.5 Å². The third-order valence-electron chi connectivity index (χ3n) is 3.38. The number of thiazole rings is 1. The van der Waals surface area contributed by atoms with Crippen LogP contribution in [0.25, 0.3) is 0 Å². The minimum Gasteiger partial charge on any atom is -0.453 e. The van der Waals surface area contributed by atoms with Gasteiger partial charge in [0.05, 0.1) is 25.1 Å². The number of carbonyl (C=O) groups excluding carboxylic acids is 2. The molecule has 2 amide bonds. The highest BCUT2D eigenvalue weighted by Crippen LogP contribution is 2.29. The number of methoxy groups -OCH3 is 1. The first kappa shape index (κ1) is 16.6. The lowest BCUT2D eigenvalue weighted by molar-refractivity contribution is -0.129. The molecule has 1 aliphatic heterocycles. The van der Waals surface area contributed by atoms with Crippen molar-refractivity contribution in [3.63, 3.8) is 0 Å². The summed E-state index contributed by atoms with van der Waals surface area (Å²) < 4.78 is 6.08. The Morgan fingerprint density at radius 2 is 2.29 bits per heavy atom. The van der Waals surface area contributed by atoms with Gasteiger partial charge in [-0.25, -0.2) is 14.5 Å². The van der Waals surface area contributed by atoms with E-state index in [1.807, 2.05) is 0 Å². The summed E-state index contributed by atoms with van der Waals surface area (Å²) >= 11 is 2.66. The van der Waals surface area contributed by atoms with Crippen LogP contribution in [0, 0.1) is 0 Å². The summed E-state index contributed by atoms with van der Waals surface area (Å²) in [6, 6.07) is 0. The van der Waals surface area contributed by atoms with Crippen LogP contribution in [-0.2, 0) is 29.5 Å². The predicted octanol–water partition coefficient (Wildman–Crippen LogP) is 0.522. The number of tetrazole rings is 1. The number of fused-ring (bicyclic) bond motifs is 1. The fourth-order valence-corrected chi connectivity index (χ4v) is 3.92. The number of hydrogen-bond donors (Lipinski definition) is 1. The normalized spacial score (nSPS) is 13.5. The zero-order chi connectivity index (χ0) is 17.1. The van der Waals surface area contributed by atoms with Crippen molar-refractivity contribution >= 4 is 40.2 Å². The van der Waals surface area contributed by atoms with Crippen LogP contribution in [0.3, 0.4) is 0 Å². The Balaban J connectivity index is 1.59. The Kier molecular flexibility index (Phi) is 4.94. The lowest BCUT2D eigenvalue weighted by Crippen LogP contribution is -2.36. The highest BCUT2D eigenvalue weighted by Gasteiger charge is 2.25. The van der Waals surface area contributed by atoms with E-state index in [9.17, 15) is 9.59 Å². The number of anilines is 1. The first-order chi connectivity index (χ1) is 11.6. The molecule has 2 aromatic heterocycles. The van der Waals surface area contributed by atoms with Crippen LogP contribution in [0.2, 0.25) is 0 Å². The first-order valence-electron chi connectivity index (χ1n) is 7.03. The van der Waals surface area contributed by atoms with Gasteiger partial charge in [-0.1, -0.05) is 23.1 Å². The van der Waals surface area contributed by atoms with Gasteiger partial charge in [0.1, 0.15) is 0 Å². The van der Waals surface area contributed by atoms with E-state index in [1.165, 1.54) is 34.9 Å². The molecular weight excluding hydrogens is 354 g/mol. The molecule has 24 heavy (non-hydrogen) atoms. The molecular formula is C12H15N7O3S2. The van der Waals surface area contributed by atoms with Gasteiger partial charge in [0, 0.05) is 24.9 Å². The molecule has 0 saturated heterocycles. The molecule has 1 aliphatic rings. The maximum Gasteiger partial charge on any atom is 0.413 e. The van der Waals surface area contributed by atoms with Gasteiger partial charge in [-0.2, -0.15) is 0 Å². The number of ether oxygens (including phenoxy) is 1. The van der Waals surface area contributed by atoms with E-state index in [4.69, 9.17) is 0 Å². The van der Waals surface area contributed by atoms with Crippen molar-refractivity contribution in [3.05, 3.63) is 10.6 Å². The summed E-state index contributed by atoms with van der Waals surface area (Å²) in [5.74, 6) is 0.292. The molecule has 2 aromatic rings. The van der Waals surface area contributed by atoms with Crippen LogP contribution in [0.4, 0.5) is 9.93 Å². The summed E-state index contributed by atoms with van der Waals surface area (Å²) in [6.07, 6.45) is 0.110. The van der Waals surface area contributed by atoms with Crippen molar-refractivity contribution in [3.8, 4) is 0 Å². The number of aromatic nitrogens is 5. The Morgan fingerprint density at radius 3 is 3.00 bits per heavy atom. The SMILES string of the molecule is COC(=O)Nc1nc2c(s1)CN(C(=O)CSc1nnnn1C)CC2. The second-order valence-corrected chi connectivity index (χ2v) is 6.97. The maximum atomic E-state index is 12.4. The van der Waals surface area contributed by atoms with Crippen LogP contribution in [0.5, 0.6) is 0 Å². The number of rotatable bonds is 4. The number of nitrogens with one attached hydrogen (secondary N) is 1. The van der Waals surface area contributed by atoms with Crippen LogP contribution in [0.1, 0.15) is 10.6 Å². The van der Waals surface area contributed by atoms with Crippen molar-refractivity contribution in [2.24, 2.45) is 7.05 Å². The van der Waals surface area contributed by atoms with Crippen molar-refractivity contribution in [1.82, 2.24) is 30.1 Å². The lowest BCUT2D eigenvalue weighted by Gasteiger charge is -2.25. The van der Waals surface area contributed by atoms with Gasteiger partial charge in [-0.3, -0.25) is 10.1 Å². The Hall–Kier alpha value is -2.21. The van der Waals surface area contributed by atoms with Crippen molar-refractivity contribution in [2.75, 3.05) is 24.7 Å². The van der Waals surface area contributed by atoms with Gasteiger partial charge in [0.2, 0.25) is 11.1 Å². The van der Waals surface area contributed by atoms with Gasteiger partial charge in [0.25, 0.3) is 0 Å². The molecule has 0 saturated carbocycles. The number of thioether (sulfide) groups is 1. The van der Waals surface area contributed by atoms with Crippen LogP contribution >= 0.6 is 23.1 Å². The number of carbonyl (C=O) groups is 2. The first-order valence-corrected chi connectivity index (χ1v) is 8.83. The molecule has 0 bridgehead atoms. The molecule has 128 valence electrons. The van der Waals surface area contributed by atoms with E-state index in [-0.39, 0.29) is 11.7 Å². The van der Waals surface area contributed by atoms with Gasteiger partial charge < -0.3 is 9.64 Å². The third kappa shape index (κ3) is 3.64. The number of amides is 2. The number of nitrogens with zero attached hydrogens (tertiary/aromatic N) is 6. The molecule has 0 radical (unpaired) electrons. The monoisotopic (exact) mass is 369 g/mol. The predicted molar refractivity (Wildman–Crippen MR) is 86.8 cm³/mol. The summed E-state index contributed by atoms with van der Waals surface area (Å²) in [5, 5.41) is 14.8. The zero-order valence-corrected chi connectivity index (χ0v) is 14.7. The minimum atomic E-state index is -0.553. The molecule has 0 aromatic carbocycles. The van der Waals surface area contributed by atoms with Crippen molar-refractivity contribution in [1.29, 1.82) is 0 Å².